The van der Waals surface area contributed by atoms with Gasteiger partial charge in [-0.25, -0.2) is 15.8 Å². The zero-order valence-electron chi connectivity index (χ0n) is 10.8. The van der Waals surface area contributed by atoms with Crippen molar-refractivity contribution in [1.82, 2.24) is 9.97 Å². The summed E-state index contributed by atoms with van der Waals surface area (Å²) < 4.78 is 10.1. The van der Waals surface area contributed by atoms with Crippen LogP contribution in [-0.2, 0) is 4.74 Å². The van der Waals surface area contributed by atoms with Crippen LogP contribution >= 0.6 is 0 Å². The molecule has 8 nitrogen and oxygen atoms in total. The second-order valence-electron chi connectivity index (χ2n) is 3.71. The number of aliphatic hydroxyl groups excluding tert-OH is 1. The van der Waals surface area contributed by atoms with E-state index in [1.54, 1.807) is 11.9 Å². The molecule has 1 atom stereocenters. The van der Waals surface area contributed by atoms with E-state index < -0.39 is 6.10 Å². The van der Waals surface area contributed by atoms with Crippen molar-refractivity contribution < 1.29 is 14.6 Å². The topological polar surface area (TPSA) is 106 Å². The Morgan fingerprint density at radius 3 is 2.78 bits per heavy atom. The summed E-state index contributed by atoms with van der Waals surface area (Å²) in [5.74, 6) is 6.68. The highest BCUT2D eigenvalue weighted by Crippen LogP contribution is 2.30. The van der Waals surface area contributed by atoms with Crippen LogP contribution < -0.4 is 20.9 Å². The Balaban J connectivity index is 2.87. The van der Waals surface area contributed by atoms with Crippen molar-refractivity contribution in [2.45, 2.75) is 6.10 Å². The van der Waals surface area contributed by atoms with Crippen LogP contribution in [0.4, 0.5) is 11.6 Å². The fraction of sp³-hybridized carbons (Fsp3) is 0.600. The molecule has 1 aromatic rings. The highest BCUT2D eigenvalue weighted by Gasteiger charge is 2.17. The molecule has 0 fully saturated rings. The molecule has 0 aliphatic heterocycles. The third-order valence-corrected chi connectivity index (χ3v) is 2.33. The molecule has 0 radical (unpaired) electrons. The van der Waals surface area contributed by atoms with Crippen LogP contribution in [0, 0.1) is 0 Å². The van der Waals surface area contributed by atoms with E-state index in [9.17, 15) is 5.11 Å². The number of aromatic nitrogens is 2. The summed E-state index contributed by atoms with van der Waals surface area (Å²) in [4.78, 5) is 9.80. The highest BCUT2D eigenvalue weighted by atomic mass is 16.5. The van der Waals surface area contributed by atoms with Gasteiger partial charge in [0.05, 0.1) is 19.8 Å². The summed E-state index contributed by atoms with van der Waals surface area (Å²) in [5, 5.41) is 9.68. The van der Waals surface area contributed by atoms with Crippen LogP contribution in [0.15, 0.2) is 6.33 Å². The number of nitrogen functional groups attached to an aromatic ring is 1. The van der Waals surface area contributed by atoms with Crippen molar-refractivity contribution in [2.24, 2.45) is 5.84 Å². The van der Waals surface area contributed by atoms with Crippen molar-refractivity contribution >= 4 is 11.6 Å². The second kappa shape index (κ2) is 6.94. The van der Waals surface area contributed by atoms with Crippen molar-refractivity contribution in [2.75, 3.05) is 44.7 Å². The number of rotatable bonds is 7. The molecule has 1 unspecified atom stereocenters. The lowest BCUT2D eigenvalue weighted by Gasteiger charge is -2.23. The summed E-state index contributed by atoms with van der Waals surface area (Å²) in [5.41, 5.74) is 2.43. The van der Waals surface area contributed by atoms with Gasteiger partial charge in [-0.3, -0.25) is 0 Å². The lowest BCUT2D eigenvalue weighted by atomic mass is 10.3. The first-order chi connectivity index (χ1) is 8.63. The largest absolute Gasteiger partial charge is 0.490 e. The van der Waals surface area contributed by atoms with Crippen LogP contribution in [0.5, 0.6) is 5.75 Å². The van der Waals surface area contributed by atoms with E-state index in [0.717, 1.165) is 0 Å². The summed E-state index contributed by atoms with van der Waals surface area (Å²) in [6.07, 6.45) is 0.751. The SMILES string of the molecule is COCC(O)CN(C)c1ncnc(NN)c1OC. The van der Waals surface area contributed by atoms with E-state index in [1.165, 1.54) is 20.5 Å². The molecule has 0 aromatic carbocycles. The van der Waals surface area contributed by atoms with E-state index in [1.807, 2.05) is 0 Å². The maximum Gasteiger partial charge on any atom is 0.205 e. The van der Waals surface area contributed by atoms with Crippen molar-refractivity contribution in [3.63, 3.8) is 0 Å². The second-order valence-corrected chi connectivity index (χ2v) is 3.71. The van der Waals surface area contributed by atoms with Gasteiger partial charge in [0.25, 0.3) is 0 Å². The number of hydrazine groups is 1. The fourth-order valence-electron chi connectivity index (χ4n) is 1.57. The first kappa shape index (κ1) is 14.4. The van der Waals surface area contributed by atoms with Crippen LogP contribution in [0.2, 0.25) is 0 Å². The maximum absolute atomic E-state index is 9.68. The lowest BCUT2D eigenvalue weighted by Crippen LogP contribution is -2.32. The minimum atomic E-state index is -0.617. The van der Waals surface area contributed by atoms with Gasteiger partial charge < -0.3 is 24.9 Å². The maximum atomic E-state index is 9.68. The fourth-order valence-corrected chi connectivity index (χ4v) is 1.57. The van der Waals surface area contributed by atoms with E-state index in [-0.39, 0.29) is 6.61 Å². The van der Waals surface area contributed by atoms with Crippen LogP contribution in [0.25, 0.3) is 0 Å². The molecule has 1 aromatic heterocycles. The van der Waals surface area contributed by atoms with Gasteiger partial charge in [0, 0.05) is 20.7 Å². The van der Waals surface area contributed by atoms with Gasteiger partial charge in [0.1, 0.15) is 6.33 Å². The molecular formula is C10H19N5O3. The summed E-state index contributed by atoms with van der Waals surface area (Å²) in [7, 11) is 4.82. The van der Waals surface area contributed by atoms with Crippen molar-refractivity contribution in [1.29, 1.82) is 0 Å². The minimum Gasteiger partial charge on any atom is -0.490 e. The molecular weight excluding hydrogens is 238 g/mol. The molecule has 8 heteroatoms. The lowest BCUT2D eigenvalue weighted by molar-refractivity contribution is 0.0693. The average Bonchev–Trinajstić information content (AvgIpc) is 2.37. The number of aliphatic hydroxyl groups is 1. The summed E-state index contributed by atoms with van der Waals surface area (Å²) in [6, 6.07) is 0. The molecule has 102 valence electrons. The monoisotopic (exact) mass is 257 g/mol. The molecule has 0 amide bonds. The molecule has 0 bridgehead atoms. The number of nitrogens with zero attached hydrogens (tertiary/aromatic N) is 3. The average molecular weight is 257 g/mol. The number of hydrogen-bond acceptors (Lipinski definition) is 8. The first-order valence-corrected chi connectivity index (χ1v) is 5.37. The molecule has 4 N–H and O–H groups in total. The van der Waals surface area contributed by atoms with E-state index in [0.29, 0.717) is 23.9 Å². The van der Waals surface area contributed by atoms with Gasteiger partial charge >= 0.3 is 0 Å². The third-order valence-electron chi connectivity index (χ3n) is 2.33. The molecule has 0 saturated heterocycles. The number of hydrogen-bond donors (Lipinski definition) is 3. The van der Waals surface area contributed by atoms with Gasteiger partial charge in [-0.1, -0.05) is 0 Å². The molecule has 0 aliphatic rings. The molecule has 0 saturated carbocycles. The summed E-state index contributed by atoms with van der Waals surface area (Å²) in [6.45, 7) is 0.602. The van der Waals surface area contributed by atoms with Crippen molar-refractivity contribution in [3.05, 3.63) is 6.33 Å². The Kier molecular flexibility index (Phi) is 5.56. The van der Waals surface area contributed by atoms with E-state index >= 15 is 0 Å². The number of nitrogens with one attached hydrogen (secondary N) is 1. The zero-order chi connectivity index (χ0) is 13.5. The van der Waals surface area contributed by atoms with Crippen molar-refractivity contribution in [3.8, 4) is 5.75 Å². The Bertz CT molecular complexity index is 377. The van der Waals surface area contributed by atoms with Gasteiger partial charge in [0.15, 0.2) is 11.6 Å². The Morgan fingerprint density at radius 2 is 2.22 bits per heavy atom. The number of nitrogens with two attached hydrogens (primary N) is 1. The Hall–Kier alpha value is -1.64. The number of ether oxygens (including phenoxy) is 2. The molecule has 0 spiro atoms. The van der Waals surface area contributed by atoms with Gasteiger partial charge in [-0.15, -0.1) is 0 Å². The molecule has 1 heterocycles. The number of likely N-dealkylation sites (N-methyl/N-ethyl adjacent to an activating group) is 1. The smallest absolute Gasteiger partial charge is 0.205 e. The number of methoxy groups -OCH3 is 2. The standard InChI is InChI=1S/C10H19N5O3/c1-15(4-7(16)5-17-2)10-8(18-3)9(14-11)12-6-13-10/h6-7,16H,4-5,11H2,1-3H3,(H,12,13,14). The van der Waals surface area contributed by atoms with Crippen LogP contribution in [0.1, 0.15) is 0 Å². The van der Waals surface area contributed by atoms with Gasteiger partial charge in [0.2, 0.25) is 5.75 Å². The van der Waals surface area contributed by atoms with Crippen LogP contribution in [-0.4, -0.2) is 55.6 Å². The first-order valence-electron chi connectivity index (χ1n) is 5.37. The predicted molar refractivity (Wildman–Crippen MR) is 67.5 cm³/mol. The Morgan fingerprint density at radius 1 is 1.50 bits per heavy atom. The quantitative estimate of drug-likeness (QED) is 0.431. The normalized spacial score (nSPS) is 12.1. The molecule has 1 rings (SSSR count). The summed E-state index contributed by atoms with van der Waals surface area (Å²) >= 11 is 0. The van der Waals surface area contributed by atoms with Gasteiger partial charge in [-0.05, 0) is 0 Å². The predicted octanol–water partition coefficient (Wildman–Crippen LogP) is -0.786. The Labute approximate surface area is 106 Å². The molecule has 0 aliphatic carbocycles. The third kappa shape index (κ3) is 3.42. The van der Waals surface area contributed by atoms with E-state index in [2.05, 4.69) is 15.4 Å². The molecule has 18 heavy (non-hydrogen) atoms. The van der Waals surface area contributed by atoms with Gasteiger partial charge in [-0.2, -0.15) is 0 Å². The zero-order valence-corrected chi connectivity index (χ0v) is 10.8. The highest BCUT2D eigenvalue weighted by molar-refractivity contribution is 5.64. The van der Waals surface area contributed by atoms with Crippen LogP contribution in [0.3, 0.4) is 0 Å². The minimum absolute atomic E-state index is 0.250. The van der Waals surface area contributed by atoms with E-state index in [4.69, 9.17) is 15.3 Å². The number of anilines is 2.